The maximum Gasteiger partial charge on any atom is 0.303 e. The molecule has 0 saturated carbocycles. The lowest BCUT2D eigenvalue weighted by Gasteiger charge is -2.22. The number of aliphatic carboxylic acids is 1. The molecule has 5 rings (SSSR count). The van der Waals surface area contributed by atoms with Gasteiger partial charge >= 0.3 is 5.97 Å². The number of carboxylic acid groups (broad SMARTS) is 1. The van der Waals surface area contributed by atoms with Crippen LogP contribution in [-0.4, -0.2) is 22.6 Å². The summed E-state index contributed by atoms with van der Waals surface area (Å²) in [6.07, 6.45) is 3.93. The molecule has 0 unspecified atom stereocenters. The minimum Gasteiger partial charge on any atom is -0.489 e. The molecule has 4 aromatic rings. The fourth-order valence-corrected chi connectivity index (χ4v) is 5.91. The van der Waals surface area contributed by atoms with Crippen molar-refractivity contribution in [3.63, 3.8) is 0 Å². The molecule has 0 spiro atoms. The molecule has 1 aromatic heterocycles. The fraction of sp³-hybridized carbons (Fsp3) is 0.281. The molecule has 0 radical (unpaired) electrons. The Labute approximate surface area is 233 Å². The van der Waals surface area contributed by atoms with E-state index in [-0.39, 0.29) is 6.42 Å². The highest BCUT2D eigenvalue weighted by molar-refractivity contribution is 7.19. The van der Waals surface area contributed by atoms with Gasteiger partial charge in [0.2, 0.25) is 0 Å². The van der Waals surface area contributed by atoms with E-state index in [9.17, 15) is 10.1 Å². The Kier molecular flexibility index (Phi) is 8.24. The average molecular weight is 538 g/mol. The van der Waals surface area contributed by atoms with E-state index >= 15 is 0 Å². The van der Waals surface area contributed by atoms with Crippen molar-refractivity contribution in [1.29, 1.82) is 5.26 Å². The molecule has 0 aliphatic carbocycles. The number of hydrogen-bond acceptors (Lipinski definition) is 6. The van der Waals surface area contributed by atoms with Crippen LogP contribution in [0.2, 0.25) is 0 Å². The Morgan fingerprint density at radius 3 is 2.51 bits per heavy atom. The van der Waals surface area contributed by atoms with Crippen molar-refractivity contribution in [1.82, 2.24) is 4.98 Å². The van der Waals surface area contributed by atoms with Crippen LogP contribution in [0.15, 0.2) is 66.7 Å². The number of rotatable bonds is 9. The molecule has 0 saturated heterocycles. The number of ether oxygens (including phenoxy) is 1. The molecule has 0 bridgehead atoms. The van der Waals surface area contributed by atoms with Crippen molar-refractivity contribution in [2.24, 2.45) is 0 Å². The first-order chi connectivity index (χ1) is 19.0. The molecule has 7 heteroatoms. The number of nitrogens with zero attached hydrogens (tertiary/aromatic N) is 3. The largest absolute Gasteiger partial charge is 0.489 e. The monoisotopic (exact) mass is 537 g/mol. The molecular weight excluding hydrogens is 506 g/mol. The van der Waals surface area contributed by atoms with E-state index in [2.05, 4.69) is 41.3 Å². The summed E-state index contributed by atoms with van der Waals surface area (Å²) in [6, 6.07) is 24.4. The van der Waals surface area contributed by atoms with Crippen LogP contribution in [0, 0.1) is 18.3 Å². The van der Waals surface area contributed by atoms with Gasteiger partial charge in [-0.1, -0.05) is 53.8 Å². The van der Waals surface area contributed by atoms with Crippen molar-refractivity contribution >= 4 is 22.3 Å². The van der Waals surface area contributed by atoms with Crippen LogP contribution in [0.3, 0.4) is 0 Å². The first kappa shape index (κ1) is 26.5. The Balaban J connectivity index is 1.22. The molecule has 39 heavy (non-hydrogen) atoms. The number of hydrogen-bond donors (Lipinski definition) is 1. The highest BCUT2D eigenvalue weighted by Crippen LogP contribution is 2.38. The van der Waals surface area contributed by atoms with E-state index in [1.54, 1.807) is 11.3 Å². The maximum absolute atomic E-state index is 10.7. The topological polar surface area (TPSA) is 86.5 Å². The first-order valence-corrected chi connectivity index (χ1v) is 14.1. The van der Waals surface area contributed by atoms with Crippen LogP contribution >= 0.6 is 11.3 Å². The van der Waals surface area contributed by atoms with Gasteiger partial charge in [0.25, 0.3) is 0 Å². The normalized spacial score (nSPS) is 12.9. The highest BCUT2D eigenvalue weighted by Gasteiger charge is 2.21. The molecule has 2 heterocycles. The van der Waals surface area contributed by atoms with E-state index < -0.39 is 5.97 Å². The van der Waals surface area contributed by atoms with Gasteiger partial charge in [-0.3, -0.25) is 4.79 Å². The Morgan fingerprint density at radius 1 is 1.05 bits per heavy atom. The zero-order chi connectivity index (χ0) is 27.2. The summed E-state index contributed by atoms with van der Waals surface area (Å²) in [7, 11) is 0. The number of nitriles is 1. The van der Waals surface area contributed by atoms with Gasteiger partial charge in [-0.15, -0.1) is 0 Å². The van der Waals surface area contributed by atoms with E-state index in [1.165, 1.54) is 16.3 Å². The van der Waals surface area contributed by atoms with Gasteiger partial charge in [-0.2, -0.15) is 5.26 Å². The summed E-state index contributed by atoms with van der Waals surface area (Å²) in [4.78, 5) is 18.2. The molecule has 198 valence electrons. The standard InChI is InChI=1S/C32H31N3O3S/c1-22-18-26(12-13-27(22)19-33)31-34-29-4-2-3-17-35(32(29)39-31)20-24-5-7-25(8-6-24)21-38-28-14-9-23(10-15-28)11-16-30(36)37/h5-10,12-15,18H,2-4,11,16-17,20-21H2,1H3,(H,36,37). The lowest BCUT2D eigenvalue weighted by molar-refractivity contribution is -0.136. The summed E-state index contributed by atoms with van der Waals surface area (Å²) < 4.78 is 5.94. The number of aryl methyl sites for hydroxylation is 3. The van der Waals surface area contributed by atoms with E-state index in [4.69, 9.17) is 14.8 Å². The summed E-state index contributed by atoms with van der Waals surface area (Å²) in [5.74, 6) is -0.0151. The Hall–Kier alpha value is -4.15. The van der Waals surface area contributed by atoms with Gasteiger partial charge in [-0.25, -0.2) is 4.98 Å². The third-order valence-electron chi connectivity index (χ3n) is 7.00. The minimum absolute atomic E-state index is 0.131. The first-order valence-electron chi connectivity index (χ1n) is 13.3. The minimum atomic E-state index is -0.787. The van der Waals surface area contributed by atoms with Gasteiger partial charge < -0.3 is 14.7 Å². The van der Waals surface area contributed by atoms with Gasteiger partial charge in [0.15, 0.2) is 0 Å². The number of thiazole rings is 1. The molecule has 6 nitrogen and oxygen atoms in total. The zero-order valence-corrected chi connectivity index (χ0v) is 22.8. The molecule has 0 amide bonds. The predicted molar refractivity (Wildman–Crippen MR) is 154 cm³/mol. The van der Waals surface area contributed by atoms with Crippen LogP contribution < -0.4 is 9.64 Å². The van der Waals surface area contributed by atoms with Crippen LogP contribution in [0.25, 0.3) is 10.6 Å². The summed E-state index contributed by atoms with van der Waals surface area (Å²) in [5.41, 5.74) is 7.27. The molecule has 1 aliphatic rings. The fourth-order valence-electron chi connectivity index (χ4n) is 4.78. The summed E-state index contributed by atoms with van der Waals surface area (Å²) in [6.45, 7) is 4.29. The smallest absolute Gasteiger partial charge is 0.303 e. The average Bonchev–Trinajstić information content (AvgIpc) is 3.29. The van der Waals surface area contributed by atoms with Gasteiger partial charge in [-0.05, 0) is 79.1 Å². The molecule has 0 fully saturated rings. The summed E-state index contributed by atoms with van der Waals surface area (Å²) in [5, 5.41) is 20.4. The van der Waals surface area contributed by atoms with Crippen molar-refractivity contribution in [3.05, 3.63) is 100 Å². The van der Waals surface area contributed by atoms with Crippen molar-refractivity contribution in [3.8, 4) is 22.4 Å². The highest BCUT2D eigenvalue weighted by atomic mass is 32.1. The van der Waals surface area contributed by atoms with E-state index in [1.807, 2.05) is 43.3 Å². The zero-order valence-electron chi connectivity index (χ0n) is 22.0. The molecule has 0 atom stereocenters. The SMILES string of the molecule is Cc1cc(-c2nc3c(s2)N(Cc2ccc(COc4ccc(CCC(=O)O)cc4)cc2)CCCC3)ccc1C#N. The second kappa shape index (κ2) is 12.1. The lowest BCUT2D eigenvalue weighted by Crippen LogP contribution is -2.22. The van der Waals surface area contributed by atoms with Crippen LogP contribution in [0.5, 0.6) is 5.75 Å². The maximum atomic E-state index is 10.7. The number of aromatic nitrogens is 1. The molecule has 1 aliphatic heterocycles. The number of carbonyl (C=O) groups is 1. The van der Waals surface area contributed by atoms with Crippen molar-refractivity contribution in [2.45, 2.75) is 52.2 Å². The second-order valence-corrected chi connectivity index (χ2v) is 10.9. The number of fused-ring (bicyclic) bond motifs is 1. The lowest BCUT2D eigenvalue weighted by atomic mass is 10.1. The molecular formula is C32H31N3O3S. The molecule has 3 aromatic carbocycles. The quantitative estimate of drug-likeness (QED) is 0.249. The number of carboxylic acids is 1. The summed E-state index contributed by atoms with van der Waals surface area (Å²) >= 11 is 1.75. The van der Waals surface area contributed by atoms with Gasteiger partial charge in [0.05, 0.1) is 17.3 Å². The Bertz CT molecular complexity index is 1490. The van der Waals surface area contributed by atoms with Crippen molar-refractivity contribution in [2.75, 3.05) is 11.4 Å². The van der Waals surface area contributed by atoms with Gasteiger partial charge in [0, 0.05) is 25.1 Å². The van der Waals surface area contributed by atoms with E-state index in [0.717, 1.165) is 65.4 Å². The third-order valence-corrected chi connectivity index (χ3v) is 8.21. The van der Waals surface area contributed by atoms with Crippen molar-refractivity contribution < 1.29 is 14.6 Å². The second-order valence-electron chi connectivity index (χ2n) is 9.93. The van der Waals surface area contributed by atoms with Gasteiger partial charge in [0.1, 0.15) is 22.4 Å². The van der Waals surface area contributed by atoms with E-state index in [0.29, 0.717) is 18.6 Å². The van der Waals surface area contributed by atoms with Crippen LogP contribution in [0.4, 0.5) is 5.00 Å². The Morgan fingerprint density at radius 2 is 1.79 bits per heavy atom. The number of benzene rings is 3. The van der Waals surface area contributed by atoms with Crippen LogP contribution in [0.1, 0.15) is 52.8 Å². The predicted octanol–water partition coefficient (Wildman–Crippen LogP) is 6.93. The number of anilines is 1. The third kappa shape index (κ3) is 6.65. The van der Waals surface area contributed by atoms with Crippen LogP contribution in [-0.2, 0) is 30.8 Å². The molecule has 1 N–H and O–H groups in total.